The lowest BCUT2D eigenvalue weighted by Crippen LogP contribution is -2.31. The van der Waals surface area contributed by atoms with Crippen LogP contribution < -0.4 is 4.74 Å². The first kappa shape index (κ1) is 15.3. The van der Waals surface area contributed by atoms with Gasteiger partial charge in [0.25, 0.3) is 5.91 Å². The molecule has 1 aromatic rings. The molecule has 1 aromatic carbocycles. The maximum absolute atomic E-state index is 12.6. The first-order valence-electron chi connectivity index (χ1n) is 6.96. The molecule has 1 saturated heterocycles. The van der Waals surface area contributed by atoms with E-state index in [1.54, 1.807) is 29.2 Å². The molecular formula is C17H21NO3. The van der Waals surface area contributed by atoms with Gasteiger partial charge in [0.05, 0.1) is 12.2 Å². The number of amides is 1. The van der Waals surface area contributed by atoms with Gasteiger partial charge in [-0.2, -0.15) is 0 Å². The van der Waals surface area contributed by atoms with E-state index in [0.717, 1.165) is 0 Å². The lowest BCUT2D eigenvalue weighted by Gasteiger charge is -2.21. The van der Waals surface area contributed by atoms with Gasteiger partial charge in [0.2, 0.25) is 0 Å². The van der Waals surface area contributed by atoms with E-state index in [9.17, 15) is 4.79 Å². The van der Waals surface area contributed by atoms with Gasteiger partial charge in [0.15, 0.2) is 0 Å². The SMILES string of the molecule is C=CCN(CC=C)C(=O)c1ccccc1OCC1(C)CO1. The molecule has 1 atom stereocenters. The van der Waals surface area contributed by atoms with Gasteiger partial charge in [0.1, 0.15) is 18.0 Å². The number of benzene rings is 1. The number of nitrogens with zero attached hydrogens (tertiary/aromatic N) is 1. The lowest BCUT2D eigenvalue weighted by molar-refractivity contribution is 0.0784. The molecule has 0 spiro atoms. The molecule has 4 heteroatoms. The van der Waals surface area contributed by atoms with Crippen molar-refractivity contribution in [3.05, 3.63) is 55.1 Å². The number of carbonyl (C=O) groups is 1. The van der Waals surface area contributed by atoms with Crippen LogP contribution in [0.5, 0.6) is 5.75 Å². The Kier molecular flexibility index (Phi) is 4.81. The molecule has 0 bridgehead atoms. The Labute approximate surface area is 125 Å². The Morgan fingerprint density at radius 2 is 2.00 bits per heavy atom. The van der Waals surface area contributed by atoms with Crippen LogP contribution in [0.1, 0.15) is 17.3 Å². The van der Waals surface area contributed by atoms with Crippen molar-refractivity contribution >= 4 is 5.91 Å². The third-order valence-electron chi connectivity index (χ3n) is 3.27. The van der Waals surface area contributed by atoms with E-state index < -0.39 is 0 Å². The summed E-state index contributed by atoms with van der Waals surface area (Å²) in [5, 5.41) is 0. The maximum atomic E-state index is 12.6. The molecule has 1 unspecified atom stereocenters. The minimum Gasteiger partial charge on any atom is -0.490 e. The van der Waals surface area contributed by atoms with Crippen LogP contribution in [-0.2, 0) is 4.74 Å². The van der Waals surface area contributed by atoms with Gasteiger partial charge in [0, 0.05) is 13.1 Å². The molecule has 0 N–H and O–H groups in total. The minimum absolute atomic E-state index is 0.0905. The molecule has 4 nitrogen and oxygen atoms in total. The lowest BCUT2D eigenvalue weighted by atomic mass is 10.1. The third-order valence-corrected chi connectivity index (χ3v) is 3.27. The minimum atomic E-state index is -0.210. The molecular weight excluding hydrogens is 266 g/mol. The molecule has 21 heavy (non-hydrogen) atoms. The molecule has 1 fully saturated rings. The topological polar surface area (TPSA) is 42.1 Å². The van der Waals surface area contributed by atoms with Crippen molar-refractivity contribution in [1.82, 2.24) is 4.90 Å². The van der Waals surface area contributed by atoms with Crippen molar-refractivity contribution in [2.75, 3.05) is 26.3 Å². The summed E-state index contributed by atoms with van der Waals surface area (Å²) in [4.78, 5) is 14.3. The summed E-state index contributed by atoms with van der Waals surface area (Å²) < 4.78 is 11.1. The molecule has 0 saturated carbocycles. The maximum Gasteiger partial charge on any atom is 0.258 e. The van der Waals surface area contributed by atoms with Crippen LogP contribution in [0.3, 0.4) is 0 Å². The summed E-state index contributed by atoms with van der Waals surface area (Å²) in [6.45, 7) is 11.4. The van der Waals surface area contributed by atoms with Crippen molar-refractivity contribution in [1.29, 1.82) is 0 Å². The molecule has 1 amide bonds. The third kappa shape index (κ3) is 3.95. The van der Waals surface area contributed by atoms with E-state index in [4.69, 9.17) is 9.47 Å². The standard InChI is InChI=1S/C17H21NO3/c1-4-10-18(11-5-2)16(19)14-8-6-7-9-15(14)20-12-17(3)13-21-17/h4-9H,1-2,10-13H2,3H3. The summed E-state index contributed by atoms with van der Waals surface area (Å²) in [5.74, 6) is 0.490. The summed E-state index contributed by atoms with van der Waals surface area (Å²) >= 11 is 0. The van der Waals surface area contributed by atoms with Crippen LogP contribution >= 0.6 is 0 Å². The number of epoxide rings is 1. The number of para-hydroxylation sites is 1. The van der Waals surface area contributed by atoms with Gasteiger partial charge in [-0.3, -0.25) is 4.79 Å². The van der Waals surface area contributed by atoms with E-state index in [0.29, 0.717) is 37.6 Å². The molecule has 1 aliphatic rings. The smallest absolute Gasteiger partial charge is 0.258 e. The zero-order chi connectivity index (χ0) is 15.3. The van der Waals surface area contributed by atoms with E-state index in [-0.39, 0.29) is 11.5 Å². The monoisotopic (exact) mass is 287 g/mol. The molecule has 2 rings (SSSR count). The number of carbonyl (C=O) groups excluding carboxylic acids is 1. The Morgan fingerprint density at radius 3 is 2.57 bits per heavy atom. The average Bonchev–Trinajstić information content (AvgIpc) is 3.23. The van der Waals surface area contributed by atoms with Gasteiger partial charge in [-0.05, 0) is 19.1 Å². The van der Waals surface area contributed by atoms with E-state index in [1.165, 1.54) is 0 Å². The molecule has 1 aliphatic heterocycles. The Hall–Kier alpha value is -2.07. The number of hydrogen-bond donors (Lipinski definition) is 0. The predicted molar refractivity (Wildman–Crippen MR) is 82.6 cm³/mol. The Morgan fingerprint density at radius 1 is 1.38 bits per heavy atom. The Balaban J connectivity index is 2.14. The summed E-state index contributed by atoms with van der Waals surface area (Å²) in [6.07, 6.45) is 3.40. The second-order valence-corrected chi connectivity index (χ2v) is 5.31. The highest BCUT2D eigenvalue weighted by molar-refractivity contribution is 5.97. The van der Waals surface area contributed by atoms with Crippen molar-refractivity contribution < 1.29 is 14.3 Å². The fourth-order valence-corrected chi connectivity index (χ4v) is 1.93. The van der Waals surface area contributed by atoms with E-state index in [1.807, 2.05) is 19.1 Å². The van der Waals surface area contributed by atoms with Crippen LogP contribution in [-0.4, -0.2) is 42.7 Å². The fraction of sp³-hybridized carbons (Fsp3) is 0.353. The molecule has 0 aromatic heterocycles. The van der Waals surface area contributed by atoms with Crippen LogP contribution in [0.25, 0.3) is 0 Å². The highest BCUT2D eigenvalue weighted by atomic mass is 16.6. The van der Waals surface area contributed by atoms with Crippen LogP contribution in [0.4, 0.5) is 0 Å². The summed E-state index contributed by atoms with van der Waals surface area (Å²) in [6, 6.07) is 7.26. The van der Waals surface area contributed by atoms with Crippen molar-refractivity contribution in [2.24, 2.45) is 0 Å². The van der Waals surface area contributed by atoms with Crippen molar-refractivity contribution in [3.8, 4) is 5.75 Å². The van der Waals surface area contributed by atoms with Crippen molar-refractivity contribution in [2.45, 2.75) is 12.5 Å². The predicted octanol–water partition coefficient (Wildman–Crippen LogP) is 2.67. The highest BCUT2D eigenvalue weighted by Gasteiger charge is 2.40. The van der Waals surface area contributed by atoms with Crippen molar-refractivity contribution in [3.63, 3.8) is 0 Å². The normalized spacial score (nSPS) is 19.7. The molecule has 112 valence electrons. The Bertz CT molecular complexity index is 525. The number of ether oxygens (including phenoxy) is 2. The van der Waals surface area contributed by atoms with Crippen LogP contribution in [0.15, 0.2) is 49.6 Å². The van der Waals surface area contributed by atoms with Gasteiger partial charge in [-0.25, -0.2) is 0 Å². The zero-order valence-corrected chi connectivity index (χ0v) is 12.4. The number of hydrogen-bond acceptors (Lipinski definition) is 3. The quantitative estimate of drug-likeness (QED) is 0.545. The summed E-state index contributed by atoms with van der Waals surface area (Å²) in [5.41, 5.74) is 0.336. The molecule has 0 radical (unpaired) electrons. The highest BCUT2D eigenvalue weighted by Crippen LogP contribution is 2.28. The molecule has 1 heterocycles. The fourth-order valence-electron chi connectivity index (χ4n) is 1.93. The molecule has 0 aliphatic carbocycles. The largest absolute Gasteiger partial charge is 0.490 e. The first-order valence-corrected chi connectivity index (χ1v) is 6.96. The van der Waals surface area contributed by atoms with Gasteiger partial charge in [-0.1, -0.05) is 24.3 Å². The van der Waals surface area contributed by atoms with Crippen LogP contribution in [0, 0.1) is 0 Å². The van der Waals surface area contributed by atoms with Crippen LogP contribution in [0.2, 0.25) is 0 Å². The van der Waals surface area contributed by atoms with Gasteiger partial charge < -0.3 is 14.4 Å². The zero-order valence-electron chi connectivity index (χ0n) is 12.4. The second-order valence-electron chi connectivity index (χ2n) is 5.31. The average molecular weight is 287 g/mol. The van der Waals surface area contributed by atoms with Gasteiger partial charge in [-0.15, -0.1) is 13.2 Å². The first-order chi connectivity index (χ1) is 10.1. The van der Waals surface area contributed by atoms with E-state index >= 15 is 0 Å². The summed E-state index contributed by atoms with van der Waals surface area (Å²) in [7, 11) is 0. The number of rotatable bonds is 8. The second kappa shape index (κ2) is 6.59. The van der Waals surface area contributed by atoms with Gasteiger partial charge >= 0.3 is 0 Å². The van der Waals surface area contributed by atoms with E-state index in [2.05, 4.69) is 13.2 Å².